The first-order valence-electron chi connectivity index (χ1n) is 6.00. The number of urea groups is 1. The molecular formula is C13H11Br3N2O3. The Hall–Kier alpha value is -0.860. The Labute approximate surface area is 146 Å². The highest BCUT2D eigenvalue weighted by atomic mass is 79.9. The van der Waals surface area contributed by atoms with Crippen molar-refractivity contribution in [2.75, 3.05) is 5.32 Å². The van der Waals surface area contributed by atoms with Gasteiger partial charge < -0.3 is 15.7 Å². The lowest BCUT2D eigenvalue weighted by atomic mass is 10.1. The van der Waals surface area contributed by atoms with Crippen LogP contribution in [0, 0.1) is 5.92 Å². The van der Waals surface area contributed by atoms with Crippen LogP contribution < -0.4 is 10.6 Å². The molecule has 3 N–H and O–H groups in total. The maximum absolute atomic E-state index is 12.0. The van der Waals surface area contributed by atoms with Gasteiger partial charge in [0.15, 0.2) is 0 Å². The second kappa shape index (κ2) is 6.93. The number of carbonyl (C=O) groups excluding carboxylic acids is 1. The molecule has 0 fully saturated rings. The molecule has 2 rings (SSSR count). The lowest BCUT2D eigenvalue weighted by Gasteiger charge is -2.15. The van der Waals surface area contributed by atoms with Crippen molar-refractivity contribution in [3.05, 3.63) is 37.7 Å². The second-order valence-electron chi connectivity index (χ2n) is 4.51. The number of carboxylic acids is 1. The molecule has 112 valence electrons. The van der Waals surface area contributed by atoms with E-state index in [4.69, 9.17) is 5.11 Å². The minimum absolute atomic E-state index is 0.279. The van der Waals surface area contributed by atoms with E-state index >= 15 is 0 Å². The predicted molar refractivity (Wildman–Crippen MR) is 90.4 cm³/mol. The summed E-state index contributed by atoms with van der Waals surface area (Å²) in [7, 11) is 0. The van der Waals surface area contributed by atoms with E-state index in [2.05, 4.69) is 58.4 Å². The second-order valence-corrected chi connectivity index (χ2v) is 7.14. The molecule has 1 aromatic rings. The number of halogens is 3. The van der Waals surface area contributed by atoms with Crippen LogP contribution in [0.5, 0.6) is 0 Å². The van der Waals surface area contributed by atoms with Crippen LogP contribution in [0.2, 0.25) is 0 Å². The molecule has 2 amide bonds. The first kappa shape index (κ1) is 16.5. The summed E-state index contributed by atoms with van der Waals surface area (Å²) < 4.78 is 2.32. The van der Waals surface area contributed by atoms with Crippen LogP contribution >= 0.6 is 47.8 Å². The summed E-state index contributed by atoms with van der Waals surface area (Å²) >= 11 is 10.1. The third-order valence-electron chi connectivity index (χ3n) is 2.96. The van der Waals surface area contributed by atoms with Gasteiger partial charge in [-0.05, 0) is 50.4 Å². The zero-order valence-corrected chi connectivity index (χ0v) is 15.3. The predicted octanol–water partition coefficient (Wildman–Crippen LogP) is 4.12. The molecule has 0 aromatic heterocycles. The van der Waals surface area contributed by atoms with E-state index in [1.54, 1.807) is 12.2 Å². The minimum atomic E-state index is -0.880. The number of carboxylic acid groups (broad SMARTS) is 1. The lowest BCUT2D eigenvalue weighted by molar-refractivity contribution is -0.140. The maximum atomic E-state index is 12.0. The zero-order chi connectivity index (χ0) is 15.6. The number of rotatable bonds is 3. The van der Waals surface area contributed by atoms with Crippen molar-refractivity contribution in [1.29, 1.82) is 0 Å². The Morgan fingerprint density at radius 1 is 1.14 bits per heavy atom. The molecule has 1 aliphatic carbocycles. The number of nitrogens with one attached hydrogen (secondary N) is 2. The van der Waals surface area contributed by atoms with Gasteiger partial charge in [0.1, 0.15) is 0 Å². The van der Waals surface area contributed by atoms with Crippen molar-refractivity contribution in [3.63, 3.8) is 0 Å². The van der Waals surface area contributed by atoms with Crippen LogP contribution in [0.4, 0.5) is 10.5 Å². The number of benzene rings is 1. The number of carbonyl (C=O) groups is 2. The van der Waals surface area contributed by atoms with E-state index in [9.17, 15) is 9.59 Å². The van der Waals surface area contributed by atoms with Crippen molar-refractivity contribution in [2.45, 2.75) is 12.5 Å². The van der Waals surface area contributed by atoms with Gasteiger partial charge in [-0.1, -0.05) is 28.1 Å². The van der Waals surface area contributed by atoms with Gasteiger partial charge in [0, 0.05) is 13.4 Å². The number of hydrogen-bond donors (Lipinski definition) is 3. The Morgan fingerprint density at radius 3 is 2.29 bits per heavy atom. The SMILES string of the molecule is O=C(Nc1c(Br)cc(Br)cc1Br)NC1C=CC(C(=O)O)C1. The van der Waals surface area contributed by atoms with E-state index < -0.39 is 11.9 Å². The van der Waals surface area contributed by atoms with E-state index in [0.717, 1.165) is 13.4 Å². The van der Waals surface area contributed by atoms with Gasteiger partial charge in [0.25, 0.3) is 0 Å². The molecule has 8 heteroatoms. The molecule has 21 heavy (non-hydrogen) atoms. The maximum Gasteiger partial charge on any atom is 0.319 e. The Morgan fingerprint density at radius 2 is 1.76 bits per heavy atom. The standard InChI is InChI=1S/C13H11Br3N2O3/c14-7-4-9(15)11(10(16)5-7)18-13(21)17-8-2-1-6(3-8)12(19)20/h1-2,4-6,8H,3H2,(H,19,20)(H2,17,18,21). The van der Waals surface area contributed by atoms with E-state index in [1.165, 1.54) is 0 Å². The van der Waals surface area contributed by atoms with Gasteiger partial charge in [-0.3, -0.25) is 4.79 Å². The van der Waals surface area contributed by atoms with Crippen LogP contribution in [0.1, 0.15) is 6.42 Å². The smallest absolute Gasteiger partial charge is 0.319 e. The van der Waals surface area contributed by atoms with Crippen LogP contribution in [0.25, 0.3) is 0 Å². The Balaban J connectivity index is 1.98. The van der Waals surface area contributed by atoms with Gasteiger partial charge in [0.05, 0.1) is 17.6 Å². The summed E-state index contributed by atoms with van der Waals surface area (Å²) in [5.74, 6) is -1.42. The lowest BCUT2D eigenvalue weighted by Crippen LogP contribution is -2.36. The number of amides is 2. The van der Waals surface area contributed by atoms with Crippen molar-refractivity contribution in [1.82, 2.24) is 5.32 Å². The molecule has 1 aliphatic rings. The van der Waals surface area contributed by atoms with Crippen LogP contribution in [0.15, 0.2) is 37.7 Å². The first-order valence-corrected chi connectivity index (χ1v) is 8.38. The highest BCUT2D eigenvalue weighted by Crippen LogP contribution is 2.34. The average Bonchev–Trinajstić information content (AvgIpc) is 2.82. The fourth-order valence-electron chi connectivity index (χ4n) is 1.97. The third kappa shape index (κ3) is 4.31. The van der Waals surface area contributed by atoms with Gasteiger partial charge in [-0.15, -0.1) is 0 Å². The normalized spacial score (nSPS) is 20.3. The fourth-order valence-corrected chi connectivity index (χ4v) is 4.43. The molecule has 0 spiro atoms. The van der Waals surface area contributed by atoms with Crippen LogP contribution in [0.3, 0.4) is 0 Å². The number of hydrogen-bond acceptors (Lipinski definition) is 2. The van der Waals surface area contributed by atoms with E-state index in [1.807, 2.05) is 12.1 Å². The molecule has 1 aromatic carbocycles. The van der Waals surface area contributed by atoms with Gasteiger partial charge in [0.2, 0.25) is 0 Å². The van der Waals surface area contributed by atoms with Crippen LogP contribution in [-0.4, -0.2) is 23.1 Å². The van der Waals surface area contributed by atoms with E-state index in [0.29, 0.717) is 12.1 Å². The molecule has 0 aliphatic heterocycles. The molecule has 0 radical (unpaired) electrons. The molecule has 5 nitrogen and oxygen atoms in total. The topological polar surface area (TPSA) is 78.4 Å². The summed E-state index contributed by atoms with van der Waals surface area (Å²) in [6.07, 6.45) is 3.66. The number of anilines is 1. The largest absolute Gasteiger partial charge is 0.481 e. The summed E-state index contributed by atoms with van der Waals surface area (Å²) in [4.78, 5) is 22.8. The van der Waals surface area contributed by atoms with Crippen molar-refractivity contribution < 1.29 is 14.7 Å². The third-order valence-corrected chi connectivity index (χ3v) is 4.67. The van der Waals surface area contributed by atoms with Gasteiger partial charge >= 0.3 is 12.0 Å². The van der Waals surface area contributed by atoms with Crippen molar-refractivity contribution in [3.8, 4) is 0 Å². The van der Waals surface area contributed by atoms with Gasteiger partial charge in [-0.2, -0.15) is 0 Å². The quantitative estimate of drug-likeness (QED) is 0.567. The average molecular weight is 483 g/mol. The van der Waals surface area contributed by atoms with E-state index in [-0.39, 0.29) is 12.1 Å². The van der Waals surface area contributed by atoms with Gasteiger partial charge in [-0.25, -0.2) is 4.79 Å². The molecule has 0 saturated heterocycles. The highest BCUT2D eigenvalue weighted by Gasteiger charge is 2.25. The molecule has 0 saturated carbocycles. The molecule has 0 bridgehead atoms. The summed E-state index contributed by atoms with van der Waals surface area (Å²) in [5, 5.41) is 14.4. The molecule has 2 unspecified atom stereocenters. The molecule has 2 atom stereocenters. The summed E-state index contributed by atoms with van der Waals surface area (Å²) in [6.45, 7) is 0. The number of aliphatic carboxylic acids is 1. The Bertz CT molecular complexity index is 596. The van der Waals surface area contributed by atoms with Crippen molar-refractivity contribution in [2.24, 2.45) is 5.92 Å². The first-order chi connectivity index (χ1) is 9.86. The zero-order valence-electron chi connectivity index (χ0n) is 10.6. The monoisotopic (exact) mass is 480 g/mol. The molecule has 0 heterocycles. The van der Waals surface area contributed by atoms with Crippen molar-refractivity contribution >= 4 is 65.5 Å². The highest BCUT2D eigenvalue weighted by molar-refractivity contribution is 9.11. The summed E-state index contributed by atoms with van der Waals surface area (Å²) in [5.41, 5.74) is 0.604. The summed E-state index contributed by atoms with van der Waals surface area (Å²) in [6, 6.07) is 2.96. The Kier molecular flexibility index (Phi) is 5.45. The minimum Gasteiger partial charge on any atom is -0.481 e. The molecular weight excluding hydrogens is 472 g/mol. The fraction of sp³-hybridized carbons (Fsp3) is 0.231. The van der Waals surface area contributed by atoms with Crippen LogP contribution in [-0.2, 0) is 4.79 Å².